The van der Waals surface area contributed by atoms with Crippen LogP contribution in [0.15, 0.2) is 43.0 Å². The van der Waals surface area contributed by atoms with Gasteiger partial charge >= 0.3 is 30.0 Å². The average Bonchev–Trinajstić information content (AvgIpc) is 3.10. The molecule has 13 heteroatoms. The fraction of sp³-hybridized carbons (Fsp3) is 0.630. The van der Waals surface area contributed by atoms with E-state index in [1.807, 2.05) is 0 Å². The van der Waals surface area contributed by atoms with Crippen molar-refractivity contribution in [1.82, 2.24) is 9.80 Å². The summed E-state index contributed by atoms with van der Waals surface area (Å²) in [6, 6.07) is 6.64. The maximum atomic E-state index is 14.1. The minimum Gasteiger partial charge on any atom is -0.322 e. The summed E-state index contributed by atoms with van der Waals surface area (Å²) in [5.41, 5.74) is 0.617. The molecule has 0 aromatic heterocycles. The summed E-state index contributed by atoms with van der Waals surface area (Å²) in [5.74, 6) is -21.3. The van der Waals surface area contributed by atoms with Gasteiger partial charge in [-0.15, -0.1) is 6.58 Å². The first-order valence-corrected chi connectivity index (χ1v) is 12.9. The van der Waals surface area contributed by atoms with E-state index in [0.29, 0.717) is 31.2 Å². The van der Waals surface area contributed by atoms with Gasteiger partial charge in [0.2, 0.25) is 5.91 Å². The number of carbonyl (C=O) groups excluding carboxylic acids is 2. The molecule has 1 aromatic carbocycles. The van der Waals surface area contributed by atoms with Gasteiger partial charge in [-0.2, -0.15) is 39.5 Å². The number of hydrogen-bond acceptors (Lipinski definition) is 2. The van der Waals surface area contributed by atoms with Crippen LogP contribution in [0.4, 0.5) is 44.3 Å². The van der Waals surface area contributed by atoms with Crippen molar-refractivity contribution < 1.29 is 49.1 Å². The van der Waals surface area contributed by atoms with Crippen LogP contribution in [0.2, 0.25) is 0 Å². The summed E-state index contributed by atoms with van der Waals surface area (Å²) in [7, 11) is 1.48. The molecule has 4 nitrogen and oxygen atoms in total. The van der Waals surface area contributed by atoms with Crippen molar-refractivity contribution in [3.8, 4) is 0 Å². The van der Waals surface area contributed by atoms with Crippen LogP contribution < -0.4 is 0 Å². The molecule has 0 unspecified atom stereocenters. The van der Waals surface area contributed by atoms with E-state index in [2.05, 4.69) is 6.58 Å². The minimum atomic E-state index is -6.96. The second-order valence-electron chi connectivity index (χ2n) is 10.1. The van der Waals surface area contributed by atoms with Gasteiger partial charge in [0.1, 0.15) is 0 Å². The molecule has 1 aromatic rings. The number of rotatable bonds is 14. The summed E-state index contributed by atoms with van der Waals surface area (Å²) in [6.45, 7) is 5.30. The van der Waals surface area contributed by atoms with Gasteiger partial charge in [0.15, 0.2) is 0 Å². The molecule has 1 saturated heterocycles. The Morgan fingerprint density at radius 2 is 1.50 bits per heavy atom. The molecular weight excluding hydrogens is 555 g/mol. The van der Waals surface area contributed by atoms with E-state index >= 15 is 0 Å². The molecule has 0 saturated carbocycles. The predicted molar refractivity (Wildman–Crippen MR) is 130 cm³/mol. The summed E-state index contributed by atoms with van der Waals surface area (Å²) in [5, 5.41) is 0. The minimum absolute atomic E-state index is 0.0695. The summed E-state index contributed by atoms with van der Waals surface area (Å²) < 4.78 is 120. The van der Waals surface area contributed by atoms with Gasteiger partial charge in [0, 0.05) is 19.4 Å². The highest BCUT2D eigenvalue weighted by atomic mass is 19.4. The number of benzene rings is 1. The molecule has 40 heavy (non-hydrogen) atoms. The van der Waals surface area contributed by atoms with Gasteiger partial charge < -0.3 is 4.90 Å². The van der Waals surface area contributed by atoms with Gasteiger partial charge in [-0.3, -0.25) is 9.69 Å². The third kappa shape index (κ3) is 6.76. The Bertz CT molecular complexity index is 1020. The number of unbranched alkanes of at least 4 members (excludes halogenated alkanes) is 3. The van der Waals surface area contributed by atoms with E-state index in [-0.39, 0.29) is 6.42 Å². The van der Waals surface area contributed by atoms with Crippen molar-refractivity contribution in [1.29, 1.82) is 0 Å². The molecule has 3 amide bonds. The topological polar surface area (TPSA) is 40.6 Å². The Morgan fingerprint density at radius 1 is 0.925 bits per heavy atom. The molecule has 1 aliphatic rings. The molecule has 0 spiro atoms. The molecule has 1 heterocycles. The van der Waals surface area contributed by atoms with Crippen LogP contribution in [0, 0.1) is 5.92 Å². The Labute approximate surface area is 227 Å². The van der Waals surface area contributed by atoms with Crippen LogP contribution in [0.3, 0.4) is 0 Å². The Kier molecular flexibility index (Phi) is 10.7. The number of carbonyl (C=O) groups is 2. The quantitative estimate of drug-likeness (QED) is 0.124. The van der Waals surface area contributed by atoms with Crippen LogP contribution in [0.5, 0.6) is 0 Å². The van der Waals surface area contributed by atoms with Crippen molar-refractivity contribution >= 4 is 11.9 Å². The highest BCUT2D eigenvalue weighted by Gasteiger charge is 2.81. The summed E-state index contributed by atoms with van der Waals surface area (Å²) >= 11 is 0. The van der Waals surface area contributed by atoms with Crippen LogP contribution in [-0.2, 0) is 4.79 Å². The van der Waals surface area contributed by atoms with Gasteiger partial charge in [-0.1, -0.05) is 49.2 Å². The largest absolute Gasteiger partial charge is 0.460 e. The number of hydrogen-bond donors (Lipinski definition) is 0. The highest BCUT2D eigenvalue weighted by Crippen LogP contribution is 2.54. The smallest absolute Gasteiger partial charge is 0.322 e. The van der Waals surface area contributed by atoms with Crippen LogP contribution >= 0.6 is 0 Å². The average molecular weight is 589 g/mol. The van der Waals surface area contributed by atoms with Crippen molar-refractivity contribution in [3.63, 3.8) is 0 Å². The molecule has 0 radical (unpaired) electrons. The van der Waals surface area contributed by atoms with E-state index < -0.39 is 73.1 Å². The van der Waals surface area contributed by atoms with E-state index in [1.54, 1.807) is 43.3 Å². The maximum Gasteiger partial charge on any atom is 0.460 e. The standard InChI is InChI=1S/C27H33F9N2O2/c1-4-5-6-7-9-15-20(16-12-17-24(28,29)25(30,31)26(32,33)27(34,35)36)22(39)38-21(18(2)37(3)23(38)40)19-13-10-8-11-14-19/h4,8,10-11,13-14,18,20-21H,1,5-7,9,12,15-17H2,2-3H3/t18-,20+,21-/m0/s1. The molecular formula is C27H33F9N2O2. The van der Waals surface area contributed by atoms with E-state index in [1.165, 1.54) is 11.9 Å². The van der Waals surface area contributed by atoms with Gasteiger partial charge in [0.05, 0.1) is 12.1 Å². The molecule has 1 fully saturated rings. The second-order valence-corrected chi connectivity index (χ2v) is 10.1. The third-order valence-corrected chi connectivity index (χ3v) is 7.30. The van der Waals surface area contributed by atoms with E-state index in [0.717, 1.165) is 4.90 Å². The fourth-order valence-electron chi connectivity index (χ4n) is 4.78. The van der Waals surface area contributed by atoms with Gasteiger partial charge in [-0.05, 0) is 44.6 Å². The summed E-state index contributed by atoms with van der Waals surface area (Å²) in [6.07, 6.45) is -6.30. The zero-order chi connectivity index (χ0) is 30.5. The maximum absolute atomic E-state index is 14.1. The number of nitrogens with zero attached hydrogens (tertiary/aromatic N) is 2. The lowest BCUT2D eigenvalue weighted by atomic mass is 9.90. The second kappa shape index (κ2) is 12.8. The lowest BCUT2D eigenvalue weighted by Gasteiger charge is -2.34. The van der Waals surface area contributed by atoms with Crippen LogP contribution in [0.25, 0.3) is 0 Å². The predicted octanol–water partition coefficient (Wildman–Crippen LogP) is 8.40. The molecule has 226 valence electrons. The van der Waals surface area contributed by atoms with Gasteiger partial charge in [-0.25, -0.2) is 4.79 Å². The first kappa shape index (κ1) is 33.5. The molecule has 0 bridgehead atoms. The third-order valence-electron chi connectivity index (χ3n) is 7.30. The Morgan fingerprint density at radius 3 is 2.05 bits per heavy atom. The lowest BCUT2D eigenvalue weighted by molar-refractivity contribution is -0.396. The number of urea groups is 1. The lowest BCUT2D eigenvalue weighted by Crippen LogP contribution is -2.60. The van der Waals surface area contributed by atoms with Crippen molar-refractivity contribution in [3.05, 3.63) is 48.6 Å². The molecule has 0 aliphatic carbocycles. The van der Waals surface area contributed by atoms with Crippen LogP contribution in [0.1, 0.15) is 69.9 Å². The number of alkyl halides is 9. The number of halogens is 9. The SMILES string of the molecule is C=CCCCCC[C@H](CCCC(F)(F)C(F)(F)C(F)(F)C(F)(F)F)C(=O)N1C(=O)N(C)[C@@H](C)[C@H]1c1ccccc1. The van der Waals surface area contributed by atoms with E-state index in [4.69, 9.17) is 0 Å². The monoisotopic (exact) mass is 588 g/mol. The highest BCUT2D eigenvalue weighted by molar-refractivity contribution is 5.98. The van der Waals surface area contributed by atoms with Crippen LogP contribution in [-0.4, -0.2) is 58.8 Å². The number of allylic oxidation sites excluding steroid dienone is 1. The first-order chi connectivity index (χ1) is 18.4. The number of imide groups is 1. The molecule has 0 N–H and O–H groups in total. The van der Waals surface area contributed by atoms with E-state index in [9.17, 15) is 49.1 Å². The molecule has 1 aliphatic heterocycles. The summed E-state index contributed by atoms with van der Waals surface area (Å²) in [4.78, 5) is 29.0. The van der Waals surface area contributed by atoms with Crippen molar-refractivity contribution in [2.45, 2.75) is 94.3 Å². The van der Waals surface area contributed by atoms with Gasteiger partial charge in [0.25, 0.3) is 0 Å². The number of likely N-dealkylation sites (N-methyl/N-ethyl adjacent to an activating group) is 1. The molecule has 3 atom stereocenters. The zero-order valence-electron chi connectivity index (χ0n) is 22.2. The Hall–Kier alpha value is -2.73. The van der Waals surface area contributed by atoms with Crippen molar-refractivity contribution in [2.24, 2.45) is 5.92 Å². The van der Waals surface area contributed by atoms with Crippen molar-refractivity contribution in [2.75, 3.05) is 7.05 Å². The number of amides is 3. The fourth-order valence-corrected chi connectivity index (χ4v) is 4.78. The zero-order valence-corrected chi connectivity index (χ0v) is 22.2. The normalized spacial score (nSPS) is 19.7. The molecule has 2 rings (SSSR count). The first-order valence-electron chi connectivity index (χ1n) is 12.9. The Balaban J connectivity index is 2.28.